The predicted molar refractivity (Wildman–Crippen MR) is 83.9 cm³/mol. The summed E-state index contributed by atoms with van der Waals surface area (Å²) in [6.45, 7) is 1.93. The van der Waals surface area contributed by atoms with Crippen LogP contribution in [-0.2, 0) is 4.79 Å². The van der Waals surface area contributed by atoms with Gasteiger partial charge < -0.3 is 10.1 Å². The lowest BCUT2D eigenvalue weighted by atomic mass is 10.1. The van der Waals surface area contributed by atoms with Crippen molar-refractivity contribution in [2.24, 2.45) is 0 Å². The third-order valence-electron chi connectivity index (χ3n) is 3.36. The standard InChI is InChI=1S/C16H17N5O2/c1-2-13(14-10-21-8-4-7-18-16(21)20-14)19-15(22)11-23-12-5-3-6-17-9-12/h3-10,13H,2,11H2,1H3,(H,19,22)/t13-/m0/s1. The van der Waals surface area contributed by atoms with Gasteiger partial charge in [0.1, 0.15) is 5.75 Å². The van der Waals surface area contributed by atoms with E-state index in [0.717, 1.165) is 12.1 Å². The second-order valence-corrected chi connectivity index (χ2v) is 5.00. The third-order valence-corrected chi connectivity index (χ3v) is 3.36. The van der Waals surface area contributed by atoms with E-state index in [4.69, 9.17) is 4.74 Å². The van der Waals surface area contributed by atoms with Crippen molar-refractivity contribution in [3.05, 3.63) is 54.9 Å². The maximum Gasteiger partial charge on any atom is 0.258 e. The summed E-state index contributed by atoms with van der Waals surface area (Å²) in [4.78, 5) is 24.6. The summed E-state index contributed by atoms with van der Waals surface area (Å²) in [5, 5.41) is 2.93. The molecule has 3 rings (SSSR count). The van der Waals surface area contributed by atoms with Gasteiger partial charge in [0.05, 0.1) is 17.9 Å². The molecule has 3 aromatic heterocycles. The van der Waals surface area contributed by atoms with E-state index < -0.39 is 0 Å². The van der Waals surface area contributed by atoms with Crippen LogP contribution in [0.3, 0.4) is 0 Å². The molecule has 0 spiro atoms. The summed E-state index contributed by atoms with van der Waals surface area (Å²) in [5.74, 6) is 0.972. The Balaban J connectivity index is 1.63. The van der Waals surface area contributed by atoms with Crippen LogP contribution in [0, 0.1) is 0 Å². The van der Waals surface area contributed by atoms with Crippen LogP contribution in [0.4, 0.5) is 0 Å². The molecule has 118 valence electrons. The monoisotopic (exact) mass is 311 g/mol. The first-order valence-corrected chi connectivity index (χ1v) is 7.38. The van der Waals surface area contributed by atoms with Crippen molar-refractivity contribution in [1.82, 2.24) is 24.7 Å². The average molecular weight is 311 g/mol. The van der Waals surface area contributed by atoms with Crippen LogP contribution in [0.25, 0.3) is 5.78 Å². The number of nitrogens with zero attached hydrogens (tertiary/aromatic N) is 4. The maximum atomic E-state index is 12.1. The summed E-state index contributed by atoms with van der Waals surface area (Å²) < 4.78 is 7.23. The Bertz CT molecular complexity index is 754. The van der Waals surface area contributed by atoms with Gasteiger partial charge in [0.25, 0.3) is 5.91 Å². The highest BCUT2D eigenvalue weighted by molar-refractivity contribution is 5.78. The van der Waals surface area contributed by atoms with E-state index in [0.29, 0.717) is 11.5 Å². The van der Waals surface area contributed by atoms with Crippen LogP contribution < -0.4 is 10.1 Å². The van der Waals surface area contributed by atoms with Crippen LogP contribution in [0.15, 0.2) is 49.2 Å². The Hall–Kier alpha value is -2.96. The van der Waals surface area contributed by atoms with Crippen LogP contribution in [-0.4, -0.2) is 31.9 Å². The Morgan fingerprint density at radius 2 is 2.30 bits per heavy atom. The zero-order chi connectivity index (χ0) is 16.1. The van der Waals surface area contributed by atoms with Gasteiger partial charge in [0.2, 0.25) is 5.78 Å². The Kier molecular flexibility index (Phi) is 4.46. The van der Waals surface area contributed by atoms with Crippen molar-refractivity contribution in [3.8, 4) is 5.75 Å². The van der Waals surface area contributed by atoms with E-state index in [-0.39, 0.29) is 18.6 Å². The molecule has 23 heavy (non-hydrogen) atoms. The van der Waals surface area contributed by atoms with Crippen molar-refractivity contribution >= 4 is 11.7 Å². The van der Waals surface area contributed by atoms with Crippen molar-refractivity contribution in [3.63, 3.8) is 0 Å². The van der Waals surface area contributed by atoms with Gasteiger partial charge in [-0.3, -0.25) is 14.2 Å². The van der Waals surface area contributed by atoms with Crippen LogP contribution in [0.2, 0.25) is 0 Å². The molecule has 0 saturated heterocycles. The highest BCUT2D eigenvalue weighted by atomic mass is 16.5. The van der Waals surface area contributed by atoms with Gasteiger partial charge in [0.15, 0.2) is 6.61 Å². The summed E-state index contributed by atoms with van der Waals surface area (Å²) in [5.41, 5.74) is 0.779. The molecule has 7 heteroatoms. The fourth-order valence-electron chi connectivity index (χ4n) is 2.22. The van der Waals surface area contributed by atoms with Gasteiger partial charge in [-0.05, 0) is 24.6 Å². The van der Waals surface area contributed by atoms with Crippen molar-refractivity contribution in [2.45, 2.75) is 19.4 Å². The third kappa shape index (κ3) is 3.63. The number of aromatic nitrogens is 4. The number of fused-ring (bicyclic) bond motifs is 1. The van der Waals surface area contributed by atoms with Gasteiger partial charge in [-0.1, -0.05) is 6.92 Å². The number of rotatable bonds is 6. The van der Waals surface area contributed by atoms with E-state index in [1.54, 1.807) is 30.7 Å². The number of nitrogens with one attached hydrogen (secondary N) is 1. The molecule has 0 bridgehead atoms. The largest absolute Gasteiger partial charge is 0.482 e. The van der Waals surface area contributed by atoms with E-state index in [9.17, 15) is 4.79 Å². The molecule has 0 aromatic carbocycles. The van der Waals surface area contributed by atoms with Gasteiger partial charge in [-0.15, -0.1) is 0 Å². The number of pyridine rings is 1. The van der Waals surface area contributed by atoms with Crippen LogP contribution in [0.5, 0.6) is 5.75 Å². The summed E-state index contributed by atoms with van der Waals surface area (Å²) >= 11 is 0. The topological polar surface area (TPSA) is 81.4 Å². The predicted octanol–water partition coefficient (Wildman–Crippen LogP) is 1.77. The first-order chi connectivity index (χ1) is 11.3. The summed E-state index contributed by atoms with van der Waals surface area (Å²) in [7, 11) is 0. The molecule has 0 aliphatic carbocycles. The Morgan fingerprint density at radius 1 is 1.39 bits per heavy atom. The highest BCUT2D eigenvalue weighted by Gasteiger charge is 2.16. The van der Waals surface area contributed by atoms with E-state index in [2.05, 4.69) is 20.3 Å². The van der Waals surface area contributed by atoms with E-state index in [1.807, 2.05) is 29.8 Å². The fourth-order valence-corrected chi connectivity index (χ4v) is 2.22. The zero-order valence-electron chi connectivity index (χ0n) is 12.7. The lowest BCUT2D eigenvalue weighted by molar-refractivity contribution is -0.123. The Labute approximate surface area is 133 Å². The lowest BCUT2D eigenvalue weighted by Crippen LogP contribution is -2.32. The number of imidazole rings is 1. The minimum absolute atomic E-state index is 0.0617. The number of carbonyl (C=O) groups is 1. The van der Waals surface area contributed by atoms with Gasteiger partial charge >= 0.3 is 0 Å². The van der Waals surface area contributed by atoms with Gasteiger partial charge in [-0.2, -0.15) is 0 Å². The minimum Gasteiger partial charge on any atom is -0.482 e. The first kappa shape index (κ1) is 15.0. The lowest BCUT2D eigenvalue weighted by Gasteiger charge is -2.14. The fraction of sp³-hybridized carbons (Fsp3) is 0.250. The molecule has 1 amide bonds. The number of hydrogen-bond acceptors (Lipinski definition) is 5. The SMILES string of the molecule is CC[C@H](NC(=O)COc1cccnc1)c1cn2cccnc2n1. The van der Waals surface area contributed by atoms with Crippen molar-refractivity contribution in [1.29, 1.82) is 0 Å². The maximum absolute atomic E-state index is 12.1. The molecule has 0 fully saturated rings. The first-order valence-electron chi connectivity index (χ1n) is 7.38. The molecule has 1 N–H and O–H groups in total. The van der Waals surface area contributed by atoms with Crippen molar-refractivity contribution in [2.75, 3.05) is 6.61 Å². The molecule has 1 atom stereocenters. The molecule has 0 saturated carbocycles. The number of carbonyl (C=O) groups excluding carboxylic acids is 1. The molecule has 3 heterocycles. The molecular weight excluding hydrogens is 294 g/mol. The van der Waals surface area contributed by atoms with Gasteiger partial charge in [0, 0.05) is 24.8 Å². The number of ether oxygens (including phenoxy) is 1. The summed E-state index contributed by atoms with van der Waals surface area (Å²) in [6, 6.07) is 5.17. The molecular formula is C16H17N5O2. The molecule has 0 aliphatic heterocycles. The Morgan fingerprint density at radius 3 is 3.04 bits per heavy atom. The molecule has 3 aromatic rings. The second kappa shape index (κ2) is 6.87. The molecule has 7 nitrogen and oxygen atoms in total. The molecule has 0 aliphatic rings. The highest BCUT2D eigenvalue weighted by Crippen LogP contribution is 2.16. The second-order valence-electron chi connectivity index (χ2n) is 5.00. The van der Waals surface area contributed by atoms with Crippen molar-refractivity contribution < 1.29 is 9.53 Å². The molecule has 0 unspecified atom stereocenters. The molecule has 0 radical (unpaired) electrons. The van der Waals surface area contributed by atoms with E-state index in [1.165, 1.54) is 0 Å². The van der Waals surface area contributed by atoms with E-state index >= 15 is 0 Å². The quantitative estimate of drug-likeness (QED) is 0.750. The smallest absolute Gasteiger partial charge is 0.258 e. The van der Waals surface area contributed by atoms with Crippen LogP contribution in [0.1, 0.15) is 25.1 Å². The zero-order valence-corrected chi connectivity index (χ0v) is 12.7. The number of amides is 1. The average Bonchev–Trinajstić information content (AvgIpc) is 3.02. The van der Waals surface area contributed by atoms with Crippen LogP contribution >= 0.6 is 0 Å². The normalized spacial score (nSPS) is 12.0. The summed E-state index contributed by atoms with van der Waals surface area (Å²) in [6.07, 6.45) is 9.38. The number of hydrogen-bond donors (Lipinski definition) is 1. The van der Waals surface area contributed by atoms with Gasteiger partial charge in [-0.25, -0.2) is 9.97 Å². The minimum atomic E-state index is -0.203.